The van der Waals surface area contributed by atoms with Crippen LogP contribution in [0.3, 0.4) is 0 Å². The molecule has 1 N–H and O–H groups in total. The largest absolute Gasteiger partial charge is 0.495 e. The number of ether oxygens (including phenoxy) is 1. The monoisotopic (exact) mass is 469 g/mol. The predicted molar refractivity (Wildman–Crippen MR) is 122 cm³/mol. The second-order valence-corrected chi connectivity index (χ2v) is 8.08. The Kier molecular flexibility index (Phi) is 6.31. The van der Waals surface area contributed by atoms with Gasteiger partial charge >= 0.3 is 0 Å². The van der Waals surface area contributed by atoms with E-state index in [0.29, 0.717) is 22.6 Å². The van der Waals surface area contributed by atoms with E-state index in [2.05, 4.69) is 21.2 Å². The SMILES string of the molecule is COc1ccc(C(=O)N(C)C)cc1NC(=O)c1cc(C)n(-c2cccc(Br)c2)c1C. The number of rotatable bonds is 5. The molecule has 0 aliphatic heterocycles. The average molecular weight is 470 g/mol. The maximum atomic E-state index is 13.1. The zero-order valence-corrected chi connectivity index (χ0v) is 19.2. The fourth-order valence-corrected chi connectivity index (χ4v) is 3.78. The Morgan fingerprint density at radius 2 is 1.80 bits per heavy atom. The first kappa shape index (κ1) is 21.6. The van der Waals surface area contributed by atoms with Gasteiger partial charge in [-0.05, 0) is 56.3 Å². The quantitative estimate of drug-likeness (QED) is 0.582. The molecule has 0 saturated carbocycles. The lowest BCUT2D eigenvalue weighted by Crippen LogP contribution is -2.22. The Morgan fingerprint density at radius 1 is 1.07 bits per heavy atom. The van der Waals surface area contributed by atoms with E-state index in [0.717, 1.165) is 21.5 Å². The molecular formula is C23H24BrN3O3. The highest BCUT2D eigenvalue weighted by Crippen LogP contribution is 2.28. The van der Waals surface area contributed by atoms with Gasteiger partial charge in [0.25, 0.3) is 11.8 Å². The Labute approximate surface area is 184 Å². The van der Waals surface area contributed by atoms with Crippen LogP contribution in [0.2, 0.25) is 0 Å². The van der Waals surface area contributed by atoms with Crippen LogP contribution in [0.15, 0.2) is 53.0 Å². The first-order chi connectivity index (χ1) is 14.2. The van der Waals surface area contributed by atoms with Gasteiger partial charge in [0.2, 0.25) is 0 Å². The number of aromatic nitrogens is 1. The van der Waals surface area contributed by atoms with Crippen LogP contribution in [0.5, 0.6) is 5.75 Å². The van der Waals surface area contributed by atoms with Gasteiger partial charge in [0.05, 0.1) is 18.4 Å². The molecule has 30 heavy (non-hydrogen) atoms. The second kappa shape index (κ2) is 8.75. The van der Waals surface area contributed by atoms with Gasteiger partial charge in [0.15, 0.2) is 0 Å². The molecule has 2 amide bonds. The molecule has 0 fully saturated rings. The molecule has 156 valence electrons. The number of benzene rings is 2. The molecule has 0 radical (unpaired) electrons. The van der Waals surface area contributed by atoms with Crippen LogP contribution in [0.4, 0.5) is 5.69 Å². The third-order valence-corrected chi connectivity index (χ3v) is 5.34. The van der Waals surface area contributed by atoms with Crippen LogP contribution in [0, 0.1) is 13.8 Å². The van der Waals surface area contributed by atoms with Crippen LogP contribution >= 0.6 is 15.9 Å². The molecule has 1 aromatic heterocycles. The van der Waals surface area contributed by atoms with Gasteiger partial charge < -0.3 is 19.5 Å². The fraction of sp³-hybridized carbons (Fsp3) is 0.217. The maximum Gasteiger partial charge on any atom is 0.257 e. The van der Waals surface area contributed by atoms with E-state index in [1.165, 1.54) is 12.0 Å². The van der Waals surface area contributed by atoms with Gasteiger partial charge in [-0.15, -0.1) is 0 Å². The molecule has 1 heterocycles. The molecule has 0 atom stereocenters. The lowest BCUT2D eigenvalue weighted by molar-refractivity contribution is 0.0827. The van der Waals surface area contributed by atoms with E-state index in [1.807, 2.05) is 48.7 Å². The zero-order chi connectivity index (χ0) is 22.0. The summed E-state index contributed by atoms with van der Waals surface area (Å²) in [5.74, 6) is 0.0672. The molecule has 7 heteroatoms. The summed E-state index contributed by atoms with van der Waals surface area (Å²) in [5, 5.41) is 2.90. The van der Waals surface area contributed by atoms with Gasteiger partial charge in [-0.3, -0.25) is 9.59 Å². The molecule has 6 nitrogen and oxygen atoms in total. The molecule has 3 aromatic rings. The minimum absolute atomic E-state index is 0.152. The first-order valence-corrected chi connectivity index (χ1v) is 10.2. The number of methoxy groups -OCH3 is 1. The highest BCUT2D eigenvalue weighted by molar-refractivity contribution is 9.10. The molecule has 2 aromatic carbocycles. The van der Waals surface area contributed by atoms with E-state index in [4.69, 9.17) is 4.74 Å². The normalized spacial score (nSPS) is 10.6. The van der Waals surface area contributed by atoms with Crippen LogP contribution in [0.25, 0.3) is 5.69 Å². The molecular weight excluding hydrogens is 446 g/mol. The summed E-state index contributed by atoms with van der Waals surface area (Å²) in [4.78, 5) is 26.9. The number of amides is 2. The number of anilines is 1. The van der Waals surface area contributed by atoms with Crippen molar-refractivity contribution in [1.82, 2.24) is 9.47 Å². The number of aryl methyl sites for hydroxylation is 1. The highest BCUT2D eigenvalue weighted by Gasteiger charge is 2.19. The van der Waals surface area contributed by atoms with Gasteiger partial charge in [-0.25, -0.2) is 0 Å². The molecule has 3 rings (SSSR count). The third kappa shape index (κ3) is 4.26. The Hall–Kier alpha value is -3.06. The van der Waals surface area contributed by atoms with Crippen molar-refractivity contribution < 1.29 is 14.3 Å². The van der Waals surface area contributed by atoms with Crippen molar-refractivity contribution in [3.63, 3.8) is 0 Å². The minimum atomic E-state index is -0.267. The number of hydrogen-bond acceptors (Lipinski definition) is 3. The Morgan fingerprint density at radius 3 is 2.43 bits per heavy atom. The smallest absolute Gasteiger partial charge is 0.257 e. The summed E-state index contributed by atoms with van der Waals surface area (Å²) >= 11 is 3.50. The summed E-state index contributed by atoms with van der Waals surface area (Å²) in [5.41, 5.74) is 4.20. The summed E-state index contributed by atoms with van der Waals surface area (Å²) in [6, 6.07) is 14.7. The summed E-state index contributed by atoms with van der Waals surface area (Å²) in [6.07, 6.45) is 0. The number of nitrogens with zero attached hydrogens (tertiary/aromatic N) is 2. The number of nitrogens with one attached hydrogen (secondary N) is 1. The zero-order valence-electron chi connectivity index (χ0n) is 17.6. The van der Waals surface area contributed by atoms with Crippen molar-refractivity contribution in [2.45, 2.75) is 13.8 Å². The van der Waals surface area contributed by atoms with Crippen molar-refractivity contribution in [2.24, 2.45) is 0 Å². The van der Waals surface area contributed by atoms with Crippen molar-refractivity contribution >= 4 is 33.4 Å². The van der Waals surface area contributed by atoms with Gasteiger partial charge in [0.1, 0.15) is 5.75 Å². The van der Waals surface area contributed by atoms with Crippen LogP contribution in [-0.4, -0.2) is 42.5 Å². The van der Waals surface area contributed by atoms with Gasteiger partial charge in [0, 0.05) is 41.2 Å². The van der Waals surface area contributed by atoms with Crippen molar-refractivity contribution in [2.75, 3.05) is 26.5 Å². The molecule has 0 aliphatic carbocycles. The summed E-state index contributed by atoms with van der Waals surface area (Å²) in [6.45, 7) is 3.87. The van der Waals surface area contributed by atoms with Crippen LogP contribution < -0.4 is 10.1 Å². The number of carbonyl (C=O) groups excluding carboxylic acids is 2. The van der Waals surface area contributed by atoms with E-state index in [1.54, 1.807) is 32.3 Å². The molecule has 0 unspecified atom stereocenters. The average Bonchev–Trinajstić information content (AvgIpc) is 3.01. The minimum Gasteiger partial charge on any atom is -0.495 e. The van der Waals surface area contributed by atoms with Crippen LogP contribution in [0.1, 0.15) is 32.1 Å². The van der Waals surface area contributed by atoms with E-state index in [9.17, 15) is 9.59 Å². The Balaban J connectivity index is 1.96. The first-order valence-electron chi connectivity index (χ1n) is 9.39. The fourth-order valence-electron chi connectivity index (χ4n) is 3.39. The predicted octanol–water partition coefficient (Wildman–Crippen LogP) is 4.82. The second-order valence-electron chi connectivity index (χ2n) is 7.17. The third-order valence-electron chi connectivity index (χ3n) is 4.84. The number of halogens is 1. The van der Waals surface area contributed by atoms with Crippen molar-refractivity contribution in [3.05, 3.63) is 75.5 Å². The lowest BCUT2D eigenvalue weighted by atomic mass is 10.1. The van der Waals surface area contributed by atoms with Gasteiger partial charge in [-0.2, -0.15) is 0 Å². The molecule has 0 aliphatic rings. The maximum absolute atomic E-state index is 13.1. The van der Waals surface area contributed by atoms with E-state index < -0.39 is 0 Å². The molecule has 0 bridgehead atoms. The topological polar surface area (TPSA) is 63.6 Å². The molecule has 0 spiro atoms. The van der Waals surface area contributed by atoms with Crippen molar-refractivity contribution in [1.29, 1.82) is 0 Å². The summed E-state index contributed by atoms with van der Waals surface area (Å²) in [7, 11) is 4.89. The van der Waals surface area contributed by atoms with Crippen LogP contribution in [-0.2, 0) is 0 Å². The van der Waals surface area contributed by atoms with E-state index in [-0.39, 0.29) is 11.8 Å². The summed E-state index contributed by atoms with van der Waals surface area (Å²) < 4.78 is 8.36. The van der Waals surface area contributed by atoms with Gasteiger partial charge in [-0.1, -0.05) is 22.0 Å². The number of hydrogen-bond donors (Lipinski definition) is 1. The van der Waals surface area contributed by atoms with E-state index >= 15 is 0 Å². The number of carbonyl (C=O) groups is 2. The molecule has 0 saturated heterocycles. The van der Waals surface area contributed by atoms with Crippen molar-refractivity contribution in [3.8, 4) is 11.4 Å². The highest BCUT2D eigenvalue weighted by atomic mass is 79.9. The Bertz CT molecular complexity index is 1120. The standard InChI is InChI=1S/C23H24BrN3O3/c1-14-11-19(15(2)27(14)18-8-6-7-17(24)13-18)22(28)25-20-12-16(23(29)26(3)4)9-10-21(20)30-5/h6-13H,1-5H3,(H,25,28). The lowest BCUT2D eigenvalue weighted by Gasteiger charge is -2.15.